The van der Waals surface area contributed by atoms with E-state index in [2.05, 4.69) is 12.3 Å². The summed E-state index contributed by atoms with van der Waals surface area (Å²) in [6.07, 6.45) is 7.71. The highest BCUT2D eigenvalue weighted by Crippen LogP contribution is 2.31. The lowest BCUT2D eigenvalue weighted by Crippen LogP contribution is -2.42. The number of hydrazine groups is 1. The molecule has 0 aliphatic heterocycles. The highest BCUT2D eigenvalue weighted by atomic mass is 16.5. The van der Waals surface area contributed by atoms with Crippen molar-refractivity contribution in [3.8, 4) is 0 Å². The van der Waals surface area contributed by atoms with Crippen LogP contribution in [0.3, 0.4) is 0 Å². The van der Waals surface area contributed by atoms with Crippen molar-refractivity contribution in [2.24, 2.45) is 17.7 Å². The predicted molar refractivity (Wildman–Crippen MR) is 68.0 cm³/mol. The van der Waals surface area contributed by atoms with Crippen LogP contribution in [0.2, 0.25) is 0 Å². The minimum Gasteiger partial charge on any atom is -0.382 e. The van der Waals surface area contributed by atoms with Crippen molar-refractivity contribution < 1.29 is 4.74 Å². The summed E-state index contributed by atoms with van der Waals surface area (Å²) >= 11 is 0. The zero-order chi connectivity index (χ0) is 11.8. The van der Waals surface area contributed by atoms with E-state index in [4.69, 9.17) is 10.6 Å². The number of hydrogen-bond acceptors (Lipinski definition) is 3. The normalized spacial score (nSPS) is 27.9. The first kappa shape index (κ1) is 13.9. The van der Waals surface area contributed by atoms with Gasteiger partial charge in [0.15, 0.2) is 0 Å². The van der Waals surface area contributed by atoms with Gasteiger partial charge in [0, 0.05) is 19.3 Å². The van der Waals surface area contributed by atoms with E-state index in [0.29, 0.717) is 6.04 Å². The Labute approximate surface area is 100 Å². The summed E-state index contributed by atoms with van der Waals surface area (Å²) in [6, 6.07) is 0.489. The molecule has 0 heterocycles. The first-order valence-electron chi connectivity index (χ1n) is 6.81. The van der Waals surface area contributed by atoms with Crippen LogP contribution in [-0.2, 0) is 4.74 Å². The Balaban J connectivity index is 2.23. The van der Waals surface area contributed by atoms with Crippen molar-refractivity contribution in [3.63, 3.8) is 0 Å². The molecule has 1 fully saturated rings. The van der Waals surface area contributed by atoms with Gasteiger partial charge in [0.2, 0.25) is 0 Å². The van der Waals surface area contributed by atoms with E-state index >= 15 is 0 Å². The van der Waals surface area contributed by atoms with Gasteiger partial charge in [-0.2, -0.15) is 0 Å². The molecule has 3 heteroatoms. The molecule has 3 N–H and O–H groups in total. The lowest BCUT2D eigenvalue weighted by Gasteiger charge is -2.33. The van der Waals surface area contributed by atoms with E-state index in [9.17, 15) is 0 Å². The van der Waals surface area contributed by atoms with Gasteiger partial charge in [-0.15, -0.1) is 0 Å². The molecule has 0 aromatic carbocycles. The molecule has 0 bridgehead atoms. The molecule has 0 saturated heterocycles. The van der Waals surface area contributed by atoms with Crippen LogP contribution in [0.4, 0.5) is 0 Å². The Morgan fingerprint density at radius 3 is 2.88 bits per heavy atom. The van der Waals surface area contributed by atoms with E-state index in [0.717, 1.165) is 37.9 Å². The molecule has 0 aromatic rings. The maximum atomic E-state index is 5.67. The average Bonchev–Trinajstić information content (AvgIpc) is 2.29. The Morgan fingerprint density at radius 2 is 2.25 bits per heavy atom. The van der Waals surface area contributed by atoms with Crippen LogP contribution >= 0.6 is 0 Å². The second-order valence-corrected chi connectivity index (χ2v) is 5.14. The summed E-state index contributed by atoms with van der Waals surface area (Å²) in [5.41, 5.74) is 3.01. The van der Waals surface area contributed by atoms with E-state index < -0.39 is 0 Å². The summed E-state index contributed by atoms with van der Waals surface area (Å²) in [4.78, 5) is 0. The fraction of sp³-hybridized carbons (Fsp3) is 1.00. The molecule has 16 heavy (non-hydrogen) atoms. The molecule has 0 aromatic heterocycles. The number of hydrogen-bond donors (Lipinski definition) is 2. The fourth-order valence-corrected chi connectivity index (χ4v) is 2.85. The molecule has 1 rings (SSSR count). The van der Waals surface area contributed by atoms with E-state index in [1.54, 1.807) is 0 Å². The van der Waals surface area contributed by atoms with Crippen LogP contribution in [0.1, 0.15) is 52.4 Å². The van der Waals surface area contributed by atoms with Crippen LogP contribution in [0, 0.1) is 11.8 Å². The van der Waals surface area contributed by atoms with Gasteiger partial charge in [-0.25, -0.2) is 0 Å². The van der Waals surface area contributed by atoms with Crippen molar-refractivity contribution in [2.45, 2.75) is 58.4 Å². The SMILES string of the molecule is CCOCCCC(NN)C1CCCC(C)C1. The number of nitrogens with one attached hydrogen (secondary N) is 1. The molecule has 3 nitrogen and oxygen atoms in total. The van der Waals surface area contributed by atoms with Crippen LogP contribution in [0.15, 0.2) is 0 Å². The zero-order valence-electron chi connectivity index (χ0n) is 10.9. The van der Waals surface area contributed by atoms with Gasteiger partial charge in [-0.3, -0.25) is 11.3 Å². The molecular weight excluding hydrogens is 200 g/mol. The lowest BCUT2D eigenvalue weighted by atomic mass is 9.77. The third kappa shape index (κ3) is 4.81. The van der Waals surface area contributed by atoms with Crippen molar-refractivity contribution in [1.29, 1.82) is 0 Å². The highest BCUT2D eigenvalue weighted by molar-refractivity contribution is 4.80. The van der Waals surface area contributed by atoms with Gasteiger partial charge in [-0.1, -0.05) is 19.8 Å². The van der Waals surface area contributed by atoms with Crippen molar-refractivity contribution >= 4 is 0 Å². The van der Waals surface area contributed by atoms with Crippen molar-refractivity contribution in [3.05, 3.63) is 0 Å². The van der Waals surface area contributed by atoms with Crippen LogP contribution in [0.25, 0.3) is 0 Å². The molecule has 3 atom stereocenters. The summed E-state index contributed by atoms with van der Waals surface area (Å²) in [7, 11) is 0. The Bertz CT molecular complexity index is 175. The largest absolute Gasteiger partial charge is 0.382 e. The predicted octanol–water partition coefficient (Wildman–Crippen LogP) is 2.46. The van der Waals surface area contributed by atoms with E-state index in [-0.39, 0.29) is 0 Å². The molecule has 0 radical (unpaired) electrons. The summed E-state index contributed by atoms with van der Waals surface area (Å²) in [6.45, 7) is 6.10. The second-order valence-electron chi connectivity index (χ2n) is 5.14. The molecule has 1 aliphatic rings. The minimum absolute atomic E-state index is 0.489. The second kappa shape index (κ2) is 8.04. The first-order chi connectivity index (χ1) is 7.77. The van der Waals surface area contributed by atoms with Gasteiger partial charge in [0.25, 0.3) is 0 Å². The third-order valence-electron chi connectivity index (χ3n) is 3.77. The zero-order valence-corrected chi connectivity index (χ0v) is 10.9. The molecule has 0 amide bonds. The summed E-state index contributed by atoms with van der Waals surface area (Å²) in [5.74, 6) is 7.32. The number of nitrogens with two attached hydrogens (primary N) is 1. The highest BCUT2D eigenvalue weighted by Gasteiger charge is 2.25. The smallest absolute Gasteiger partial charge is 0.0466 e. The van der Waals surface area contributed by atoms with Crippen molar-refractivity contribution in [2.75, 3.05) is 13.2 Å². The molecular formula is C13H28N2O. The minimum atomic E-state index is 0.489. The van der Waals surface area contributed by atoms with Gasteiger partial charge < -0.3 is 4.74 Å². The Hall–Kier alpha value is -0.120. The first-order valence-corrected chi connectivity index (χ1v) is 6.81. The van der Waals surface area contributed by atoms with Crippen LogP contribution in [-0.4, -0.2) is 19.3 Å². The number of ether oxygens (including phenoxy) is 1. The van der Waals surface area contributed by atoms with Gasteiger partial charge >= 0.3 is 0 Å². The quantitative estimate of drug-likeness (QED) is 0.400. The maximum absolute atomic E-state index is 5.67. The van der Waals surface area contributed by atoms with Gasteiger partial charge in [-0.05, 0) is 44.4 Å². The maximum Gasteiger partial charge on any atom is 0.0466 e. The monoisotopic (exact) mass is 228 g/mol. The summed E-state index contributed by atoms with van der Waals surface area (Å²) in [5, 5.41) is 0. The molecule has 0 spiro atoms. The third-order valence-corrected chi connectivity index (χ3v) is 3.77. The van der Waals surface area contributed by atoms with Crippen LogP contribution in [0.5, 0.6) is 0 Å². The topological polar surface area (TPSA) is 47.3 Å². The Morgan fingerprint density at radius 1 is 1.44 bits per heavy atom. The molecule has 3 unspecified atom stereocenters. The Kier molecular flexibility index (Phi) is 7.01. The van der Waals surface area contributed by atoms with E-state index in [1.165, 1.54) is 25.7 Å². The summed E-state index contributed by atoms with van der Waals surface area (Å²) < 4.78 is 5.37. The molecule has 96 valence electrons. The van der Waals surface area contributed by atoms with E-state index in [1.807, 2.05) is 6.92 Å². The van der Waals surface area contributed by atoms with Crippen LogP contribution < -0.4 is 11.3 Å². The average molecular weight is 228 g/mol. The number of rotatable bonds is 7. The lowest BCUT2D eigenvalue weighted by molar-refractivity contribution is 0.133. The fourth-order valence-electron chi connectivity index (χ4n) is 2.85. The molecule has 1 aliphatic carbocycles. The molecule has 1 saturated carbocycles. The van der Waals surface area contributed by atoms with Gasteiger partial charge in [0.1, 0.15) is 0 Å². The van der Waals surface area contributed by atoms with Gasteiger partial charge in [0.05, 0.1) is 0 Å². The van der Waals surface area contributed by atoms with Crippen molar-refractivity contribution in [1.82, 2.24) is 5.43 Å². The standard InChI is InChI=1S/C13H28N2O/c1-3-16-9-5-8-13(15-14)12-7-4-6-11(2)10-12/h11-13,15H,3-10,14H2,1-2H3.